The van der Waals surface area contributed by atoms with Crippen molar-refractivity contribution >= 4 is 12.2 Å². The van der Waals surface area contributed by atoms with Crippen LogP contribution in [-0.4, -0.2) is 58.6 Å². The van der Waals surface area contributed by atoms with Gasteiger partial charge in [0.25, 0.3) is 0 Å². The van der Waals surface area contributed by atoms with Gasteiger partial charge in [-0.15, -0.1) is 0 Å². The standard InChI is InChI=1S/C17H32N2O5/c1-14(2,3)23-12(20)18-9-17(16(7,8)22)10-19(11-17)13(21)24-15(4,5)6/h22H,9-11H2,1-8H3,(H,18,20). The van der Waals surface area contributed by atoms with Crippen molar-refractivity contribution < 1.29 is 24.2 Å². The second-order valence-corrected chi connectivity index (χ2v) is 9.03. The molecule has 0 aromatic carbocycles. The summed E-state index contributed by atoms with van der Waals surface area (Å²) in [5, 5.41) is 13.2. The van der Waals surface area contributed by atoms with E-state index in [1.807, 2.05) is 0 Å². The van der Waals surface area contributed by atoms with E-state index in [-0.39, 0.29) is 6.54 Å². The molecule has 0 atom stereocenters. The summed E-state index contributed by atoms with van der Waals surface area (Å²) in [5.41, 5.74) is -2.87. The van der Waals surface area contributed by atoms with Crippen molar-refractivity contribution in [1.29, 1.82) is 0 Å². The van der Waals surface area contributed by atoms with Crippen LogP contribution in [0.4, 0.5) is 9.59 Å². The summed E-state index contributed by atoms with van der Waals surface area (Å²) in [6.45, 7) is 14.9. The Bertz CT molecular complexity index is 471. The molecular formula is C17H32N2O5. The van der Waals surface area contributed by atoms with Gasteiger partial charge in [-0.3, -0.25) is 0 Å². The fourth-order valence-corrected chi connectivity index (χ4v) is 2.41. The van der Waals surface area contributed by atoms with Gasteiger partial charge in [0.1, 0.15) is 11.2 Å². The van der Waals surface area contributed by atoms with E-state index in [2.05, 4.69) is 5.32 Å². The van der Waals surface area contributed by atoms with E-state index in [0.717, 1.165) is 0 Å². The highest BCUT2D eigenvalue weighted by molar-refractivity contribution is 5.70. The number of likely N-dealkylation sites (tertiary alicyclic amines) is 1. The molecule has 7 nitrogen and oxygen atoms in total. The Balaban J connectivity index is 2.67. The zero-order valence-corrected chi connectivity index (χ0v) is 16.1. The monoisotopic (exact) mass is 344 g/mol. The molecule has 0 aromatic heterocycles. The molecule has 24 heavy (non-hydrogen) atoms. The van der Waals surface area contributed by atoms with Crippen LogP contribution in [0, 0.1) is 5.41 Å². The summed E-state index contributed by atoms with van der Waals surface area (Å²) in [4.78, 5) is 25.5. The van der Waals surface area contributed by atoms with E-state index in [0.29, 0.717) is 13.1 Å². The Morgan fingerprint density at radius 3 is 1.83 bits per heavy atom. The molecule has 0 bridgehead atoms. The number of alkyl carbamates (subject to hydrolysis) is 1. The number of rotatable bonds is 3. The lowest BCUT2D eigenvalue weighted by Gasteiger charge is -2.55. The Morgan fingerprint density at radius 1 is 1.00 bits per heavy atom. The summed E-state index contributed by atoms with van der Waals surface area (Å²) in [6, 6.07) is 0. The second kappa shape index (κ2) is 6.43. The van der Waals surface area contributed by atoms with Crippen LogP contribution in [0.15, 0.2) is 0 Å². The zero-order valence-electron chi connectivity index (χ0n) is 16.1. The Morgan fingerprint density at radius 2 is 1.46 bits per heavy atom. The molecule has 140 valence electrons. The number of aliphatic hydroxyl groups is 1. The first-order valence-electron chi connectivity index (χ1n) is 8.22. The van der Waals surface area contributed by atoms with Crippen LogP contribution in [0.5, 0.6) is 0 Å². The third kappa shape index (κ3) is 5.54. The van der Waals surface area contributed by atoms with Crippen LogP contribution in [0.2, 0.25) is 0 Å². The van der Waals surface area contributed by atoms with Crippen LogP contribution >= 0.6 is 0 Å². The lowest BCUT2D eigenvalue weighted by atomic mass is 9.68. The minimum absolute atomic E-state index is 0.213. The third-order valence-corrected chi connectivity index (χ3v) is 3.91. The predicted octanol–water partition coefficient (Wildman–Crippen LogP) is 2.52. The van der Waals surface area contributed by atoms with Crippen molar-refractivity contribution in [3.05, 3.63) is 0 Å². The third-order valence-electron chi connectivity index (χ3n) is 3.91. The first-order valence-corrected chi connectivity index (χ1v) is 8.22. The van der Waals surface area contributed by atoms with Gasteiger partial charge < -0.3 is 24.8 Å². The van der Waals surface area contributed by atoms with Crippen molar-refractivity contribution in [1.82, 2.24) is 10.2 Å². The Hall–Kier alpha value is -1.50. The topological polar surface area (TPSA) is 88.1 Å². The Labute approximate surface area is 144 Å². The van der Waals surface area contributed by atoms with Gasteiger partial charge in [-0.2, -0.15) is 0 Å². The van der Waals surface area contributed by atoms with Crippen LogP contribution in [0.1, 0.15) is 55.4 Å². The minimum atomic E-state index is -1.07. The first-order chi connectivity index (χ1) is 10.5. The highest BCUT2D eigenvalue weighted by Gasteiger charge is 2.55. The van der Waals surface area contributed by atoms with Crippen LogP contribution < -0.4 is 5.32 Å². The predicted molar refractivity (Wildman–Crippen MR) is 90.8 cm³/mol. The van der Waals surface area contributed by atoms with Crippen molar-refractivity contribution in [3.63, 3.8) is 0 Å². The van der Waals surface area contributed by atoms with E-state index in [4.69, 9.17) is 9.47 Å². The van der Waals surface area contributed by atoms with Gasteiger partial charge in [-0.25, -0.2) is 9.59 Å². The normalized spacial score (nSPS) is 17.8. The van der Waals surface area contributed by atoms with Crippen molar-refractivity contribution in [2.45, 2.75) is 72.2 Å². The summed E-state index contributed by atoms with van der Waals surface area (Å²) in [5.74, 6) is 0. The van der Waals surface area contributed by atoms with Crippen LogP contribution in [0.3, 0.4) is 0 Å². The van der Waals surface area contributed by atoms with Gasteiger partial charge in [0.15, 0.2) is 0 Å². The fourth-order valence-electron chi connectivity index (χ4n) is 2.41. The molecule has 1 aliphatic heterocycles. The minimum Gasteiger partial charge on any atom is -0.444 e. The number of carbonyl (C=O) groups excluding carboxylic acids is 2. The number of amides is 2. The molecule has 1 saturated heterocycles. The van der Waals surface area contributed by atoms with E-state index in [9.17, 15) is 14.7 Å². The van der Waals surface area contributed by atoms with Gasteiger partial charge in [-0.1, -0.05) is 0 Å². The maximum absolute atomic E-state index is 12.1. The van der Waals surface area contributed by atoms with Gasteiger partial charge in [0.05, 0.1) is 11.0 Å². The molecule has 0 aliphatic carbocycles. The average Bonchev–Trinajstić information content (AvgIpc) is 2.19. The smallest absolute Gasteiger partial charge is 0.410 e. The first kappa shape index (κ1) is 20.5. The molecular weight excluding hydrogens is 312 g/mol. The molecule has 0 unspecified atom stereocenters. The number of nitrogens with zero attached hydrogens (tertiary/aromatic N) is 1. The van der Waals surface area contributed by atoms with E-state index < -0.39 is 34.4 Å². The van der Waals surface area contributed by atoms with Crippen molar-refractivity contribution in [2.75, 3.05) is 19.6 Å². The number of carbonyl (C=O) groups is 2. The average molecular weight is 344 g/mol. The summed E-state index contributed by atoms with van der Waals surface area (Å²) >= 11 is 0. The molecule has 0 aromatic rings. The number of hydrogen-bond donors (Lipinski definition) is 2. The largest absolute Gasteiger partial charge is 0.444 e. The Kier molecular flexibility index (Phi) is 5.50. The quantitative estimate of drug-likeness (QED) is 0.821. The molecule has 2 N–H and O–H groups in total. The van der Waals surface area contributed by atoms with Crippen molar-refractivity contribution in [2.24, 2.45) is 5.41 Å². The van der Waals surface area contributed by atoms with E-state index in [1.165, 1.54) is 4.90 Å². The van der Waals surface area contributed by atoms with Gasteiger partial charge >= 0.3 is 12.2 Å². The number of nitrogens with one attached hydrogen (secondary N) is 1. The molecule has 7 heteroatoms. The fraction of sp³-hybridized carbons (Fsp3) is 0.882. The van der Waals surface area contributed by atoms with E-state index >= 15 is 0 Å². The van der Waals surface area contributed by atoms with Gasteiger partial charge in [0.2, 0.25) is 0 Å². The lowest BCUT2D eigenvalue weighted by Crippen LogP contribution is -2.70. The number of hydrogen-bond acceptors (Lipinski definition) is 5. The molecule has 2 amide bonds. The maximum atomic E-state index is 12.1. The summed E-state index contributed by atoms with van der Waals surface area (Å²) in [6.07, 6.45) is -0.957. The zero-order chi connectivity index (χ0) is 19.0. The molecule has 1 heterocycles. The van der Waals surface area contributed by atoms with Crippen LogP contribution in [-0.2, 0) is 9.47 Å². The molecule has 0 spiro atoms. The summed E-state index contributed by atoms with van der Waals surface area (Å²) < 4.78 is 10.6. The molecule has 0 radical (unpaired) electrons. The molecule has 0 saturated carbocycles. The van der Waals surface area contributed by atoms with Gasteiger partial charge in [-0.05, 0) is 55.4 Å². The molecule has 1 rings (SSSR count). The van der Waals surface area contributed by atoms with Crippen LogP contribution in [0.25, 0.3) is 0 Å². The SMILES string of the molecule is CC(C)(C)OC(=O)NCC1(C(C)(C)O)CN(C(=O)OC(C)(C)C)C1. The summed E-state index contributed by atoms with van der Waals surface area (Å²) in [7, 11) is 0. The molecule has 1 fully saturated rings. The highest BCUT2D eigenvalue weighted by Crippen LogP contribution is 2.40. The highest BCUT2D eigenvalue weighted by atomic mass is 16.6. The lowest BCUT2D eigenvalue weighted by molar-refractivity contribution is -0.137. The second-order valence-electron chi connectivity index (χ2n) is 9.03. The van der Waals surface area contributed by atoms with E-state index in [1.54, 1.807) is 55.4 Å². The van der Waals surface area contributed by atoms with Gasteiger partial charge in [0, 0.05) is 19.6 Å². The van der Waals surface area contributed by atoms with Crippen molar-refractivity contribution in [3.8, 4) is 0 Å². The molecule has 1 aliphatic rings. The number of ether oxygens (including phenoxy) is 2. The maximum Gasteiger partial charge on any atom is 0.410 e.